The van der Waals surface area contributed by atoms with Crippen LogP contribution in [-0.2, 0) is 16.1 Å². The van der Waals surface area contributed by atoms with E-state index in [2.05, 4.69) is 22.0 Å². The molecule has 12 heteroatoms. The van der Waals surface area contributed by atoms with Crippen molar-refractivity contribution in [3.05, 3.63) is 99.9 Å². The molecule has 3 aliphatic rings. The number of hydrogen-bond donors (Lipinski definition) is 2. The lowest BCUT2D eigenvalue weighted by molar-refractivity contribution is -0.276. The highest BCUT2D eigenvalue weighted by atomic mass is 19.2. The van der Waals surface area contributed by atoms with Crippen LogP contribution in [0.1, 0.15) is 72.0 Å². The number of nitrogens with zero attached hydrogens (tertiary/aromatic N) is 2. The first kappa shape index (κ1) is 33.5. The van der Waals surface area contributed by atoms with Crippen LogP contribution in [0.2, 0.25) is 0 Å². The van der Waals surface area contributed by atoms with E-state index in [-0.39, 0.29) is 30.4 Å². The number of carbonyl (C=O) groups is 1. The van der Waals surface area contributed by atoms with Gasteiger partial charge in [0.05, 0.1) is 18.8 Å². The highest BCUT2D eigenvalue weighted by Gasteiger charge is 2.41. The fourth-order valence-corrected chi connectivity index (χ4v) is 6.89. The van der Waals surface area contributed by atoms with Crippen LogP contribution >= 0.6 is 0 Å². The number of hydrogen-bond acceptors (Lipinski definition) is 6. The van der Waals surface area contributed by atoms with Crippen LogP contribution in [-0.4, -0.2) is 65.7 Å². The molecular formula is C35H38F5N3O4. The fourth-order valence-electron chi connectivity index (χ4n) is 6.89. The second kappa shape index (κ2) is 14.4. The maximum absolute atomic E-state index is 14.2. The van der Waals surface area contributed by atoms with E-state index in [1.165, 1.54) is 25.0 Å². The van der Waals surface area contributed by atoms with E-state index < -0.39 is 46.8 Å². The molecule has 3 fully saturated rings. The third kappa shape index (κ3) is 7.07. The molecule has 3 aromatic carbocycles. The van der Waals surface area contributed by atoms with Gasteiger partial charge in [0.2, 0.25) is 5.82 Å². The van der Waals surface area contributed by atoms with Gasteiger partial charge in [-0.05, 0) is 68.6 Å². The lowest BCUT2D eigenvalue weighted by Crippen LogP contribution is -2.48. The minimum absolute atomic E-state index is 0.0147. The number of benzene rings is 3. The van der Waals surface area contributed by atoms with Crippen molar-refractivity contribution in [1.29, 1.82) is 0 Å². The van der Waals surface area contributed by atoms with Crippen LogP contribution in [0.25, 0.3) is 0 Å². The first-order valence-electron chi connectivity index (χ1n) is 16.0. The van der Waals surface area contributed by atoms with E-state index in [1.54, 1.807) is 12.1 Å². The summed E-state index contributed by atoms with van der Waals surface area (Å²) in [4.78, 5) is 17.6. The van der Waals surface area contributed by atoms with Gasteiger partial charge in [0.25, 0.3) is 5.91 Å². The average molecular weight is 660 g/mol. The van der Waals surface area contributed by atoms with Crippen molar-refractivity contribution >= 4 is 11.6 Å². The Labute approximate surface area is 270 Å². The maximum atomic E-state index is 14.2. The van der Waals surface area contributed by atoms with E-state index in [1.807, 2.05) is 24.3 Å². The second-order valence-corrected chi connectivity index (χ2v) is 12.6. The molecular weight excluding hydrogens is 621 g/mol. The summed E-state index contributed by atoms with van der Waals surface area (Å²) >= 11 is 0. The molecule has 6 rings (SSSR count). The first-order chi connectivity index (χ1) is 22.6. The monoisotopic (exact) mass is 659 g/mol. The van der Waals surface area contributed by atoms with Crippen molar-refractivity contribution in [1.82, 2.24) is 9.80 Å². The summed E-state index contributed by atoms with van der Waals surface area (Å²) in [7, 11) is 0. The normalized spacial score (nSPS) is 25.4. The molecule has 1 amide bonds. The number of nitrogens with one attached hydrogen (secondary N) is 1. The van der Waals surface area contributed by atoms with Gasteiger partial charge >= 0.3 is 0 Å². The van der Waals surface area contributed by atoms with E-state index in [9.17, 15) is 31.9 Å². The number of amides is 1. The van der Waals surface area contributed by atoms with Gasteiger partial charge in [0.1, 0.15) is 5.56 Å². The van der Waals surface area contributed by atoms with Crippen molar-refractivity contribution in [2.24, 2.45) is 5.92 Å². The average Bonchev–Trinajstić information content (AvgIpc) is 3.77. The molecule has 0 aromatic heterocycles. The Morgan fingerprint density at radius 1 is 0.809 bits per heavy atom. The van der Waals surface area contributed by atoms with Crippen molar-refractivity contribution in [3.63, 3.8) is 0 Å². The van der Waals surface area contributed by atoms with Crippen molar-refractivity contribution < 1.29 is 41.3 Å². The van der Waals surface area contributed by atoms with E-state index >= 15 is 0 Å². The van der Waals surface area contributed by atoms with Gasteiger partial charge in [-0.25, -0.2) is 22.0 Å². The zero-order chi connectivity index (χ0) is 33.2. The minimum Gasteiger partial charge on any atom is -0.392 e. The van der Waals surface area contributed by atoms with Crippen LogP contribution in [0.15, 0.2) is 48.5 Å². The molecule has 0 unspecified atom stereocenters. The molecule has 252 valence electrons. The van der Waals surface area contributed by atoms with Crippen molar-refractivity contribution in [2.75, 3.05) is 38.0 Å². The topological polar surface area (TPSA) is 74.3 Å². The first-order valence-corrected chi connectivity index (χ1v) is 16.0. The van der Waals surface area contributed by atoms with Crippen LogP contribution in [0, 0.1) is 35.0 Å². The van der Waals surface area contributed by atoms with E-state index in [0.717, 1.165) is 56.7 Å². The number of ether oxygens (including phenoxy) is 2. The fraction of sp³-hybridized carbons (Fsp3) is 0.457. The third-order valence-corrected chi connectivity index (χ3v) is 9.58. The number of aliphatic hydroxyl groups excluding tert-OH is 1. The molecule has 3 aliphatic heterocycles. The summed E-state index contributed by atoms with van der Waals surface area (Å²) in [5.74, 6) is -12.6. The Bertz CT molecular complexity index is 1540. The van der Waals surface area contributed by atoms with Gasteiger partial charge in [0, 0.05) is 36.3 Å². The SMILES string of the molecule is C[C@@H]1[C@H](CN2CCC[C@H]2CN2CCCC2)O[C@H](c2ccc(NC(=O)c3c(F)c(F)c(F)c(F)c3F)cc2)O[C@@H]1c1ccc(CO)cc1. The van der Waals surface area contributed by atoms with Gasteiger partial charge < -0.3 is 24.8 Å². The highest BCUT2D eigenvalue weighted by molar-refractivity contribution is 6.04. The van der Waals surface area contributed by atoms with Gasteiger partial charge in [-0.2, -0.15) is 0 Å². The Hall–Kier alpha value is -3.42. The smallest absolute Gasteiger partial charge is 0.261 e. The largest absolute Gasteiger partial charge is 0.392 e. The number of rotatable bonds is 9. The molecule has 3 aromatic rings. The lowest BCUT2D eigenvalue weighted by atomic mass is 9.90. The van der Waals surface area contributed by atoms with E-state index in [4.69, 9.17) is 9.47 Å². The van der Waals surface area contributed by atoms with Crippen LogP contribution in [0.3, 0.4) is 0 Å². The zero-order valence-electron chi connectivity index (χ0n) is 26.0. The standard InChI is InChI=1S/C35H38F5N3O4/c1-20-26(18-43-16-4-5-25(43)17-42-14-2-3-15-42)46-35(47-33(20)22-8-6-21(19-44)7-9-22)23-10-12-24(13-11-23)41-34(45)27-28(36)30(38)32(40)31(39)29(27)37/h6-13,20,25-26,33,35,44H,2-5,14-19H2,1H3,(H,41,45)/t20-,25+,26+,33+,35+/m1/s1. The number of likely N-dealkylation sites (tertiary alicyclic amines) is 2. The summed E-state index contributed by atoms with van der Waals surface area (Å²) in [5.41, 5.74) is 0.840. The number of halogens is 5. The molecule has 2 N–H and O–H groups in total. The van der Waals surface area contributed by atoms with Gasteiger partial charge in [-0.15, -0.1) is 0 Å². The van der Waals surface area contributed by atoms with Gasteiger partial charge in [-0.1, -0.05) is 43.3 Å². The molecule has 47 heavy (non-hydrogen) atoms. The molecule has 0 radical (unpaired) electrons. The lowest BCUT2D eigenvalue weighted by Gasteiger charge is -2.43. The van der Waals surface area contributed by atoms with Crippen LogP contribution in [0.4, 0.5) is 27.6 Å². The third-order valence-electron chi connectivity index (χ3n) is 9.58. The second-order valence-electron chi connectivity index (χ2n) is 12.6. The predicted octanol–water partition coefficient (Wildman–Crippen LogP) is 6.48. The Morgan fingerprint density at radius 2 is 1.43 bits per heavy atom. The Morgan fingerprint density at radius 3 is 2.06 bits per heavy atom. The summed E-state index contributed by atoms with van der Waals surface area (Å²) in [6, 6.07) is 14.2. The summed E-state index contributed by atoms with van der Waals surface area (Å²) < 4.78 is 82.3. The minimum atomic E-state index is -2.34. The van der Waals surface area contributed by atoms with Crippen LogP contribution < -0.4 is 5.32 Å². The zero-order valence-corrected chi connectivity index (χ0v) is 26.0. The van der Waals surface area contributed by atoms with Crippen molar-refractivity contribution in [3.8, 4) is 0 Å². The van der Waals surface area contributed by atoms with Gasteiger partial charge in [-0.3, -0.25) is 9.69 Å². The van der Waals surface area contributed by atoms with Crippen molar-refractivity contribution in [2.45, 2.75) is 63.8 Å². The number of carbonyl (C=O) groups excluding carboxylic acids is 1. The Balaban J connectivity index is 1.21. The molecule has 7 nitrogen and oxygen atoms in total. The molecule has 5 atom stereocenters. The molecule has 3 saturated heterocycles. The summed E-state index contributed by atoms with van der Waals surface area (Å²) in [5, 5.41) is 11.7. The molecule has 0 saturated carbocycles. The van der Waals surface area contributed by atoms with E-state index in [0.29, 0.717) is 11.6 Å². The van der Waals surface area contributed by atoms with Crippen LogP contribution in [0.5, 0.6) is 0 Å². The maximum Gasteiger partial charge on any atom is 0.261 e. The predicted molar refractivity (Wildman–Crippen MR) is 164 cm³/mol. The quantitative estimate of drug-likeness (QED) is 0.156. The molecule has 0 aliphatic carbocycles. The highest BCUT2D eigenvalue weighted by Crippen LogP contribution is 2.42. The molecule has 3 heterocycles. The molecule has 0 bridgehead atoms. The number of aliphatic hydroxyl groups is 1. The van der Waals surface area contributed by atoms with Gasteiger partial charge in [0.15, 0.2) is 29.6 Å². The summed E-state index contributed by atoms with van der Waals surface area (Å²) in [6.07, 6.45) is 3.43. The molecule has 0 spiro atoms. The number of anilines is 1. The summed E-state index contributed by atoms with van der Waals surface area (Å²) in [6.45, 7) is 7.07. The Kier molecular flexibility index (Phi) is 10.2.